The molecule has 1 aliphatic rings. The summed E-state index contributed by atoms with van der Waals surface area (Å²) in [6.07, 6.45) is -1.78. The molecular weight excluding hydrogens is 285 g/mol. The van der Waals surface area contributed by atoms with Crippen molar-refractivity contribution >= 4 is 17.1 Å². The van der Waals surface area contributed by atoms with Crippen molar-refractivity contribution in [2.45, 2.75) is 18.4 Å². The summed E-state index contributed by atoms with van der Waals surface area (Å²) >= 11 is 0. The molecule has 0 amide bonds. The fourth-order valence-corrected chi connectivity index (χ4v) is 2.52. The van der Waals surface area contributed by atoms with Crippen LogP contribution < -0.4 is 11.3 Å². The van der Waals surface area contributed by atoms with Crippen molar-refractivity contribution in [3.8, 4) is 0 Å². The number of ether oxygens (including phenoxy) is 1. The van der Waals surface area contributed by atoms with Crippen LogP contribution >= 0.6 is 0 Å². The lowest BCUT2D eigenvalue weighted by atomic mass is 10.0. The van der Waals surface area contributed by atoms with Crippen LogP contribution in [0, 0.1) is 5.92 Å². The Morgan fingerprint density at radius 2 is 2.33 bits per heavy atom. The van der Waals surface area contributed by atoms with E-state index >= 15 is 0 Å². The van der Waals surface area contributed by atoms with E-state index in [1.807, 2.05) is 0 Å². The molecule has 4 unspecified atom stereocenters. The van der Waals surface area contributed by atoms with Gasteiger partial charge in [0.25, 0.3) is 5.56 Å². The van der Waals surface area contributed by atoms with Gasteiger partial charge in [-0.15, -0.1) is 0 Å². The SMILES string of the molecule is Nc1nc2c(ncn2C2OC(CO)C(CF)C2O)c(=O)[nH]1. The minimum Gasteiger partial charge on any atom is -0.394 e. The number of nitrogen functional groups attached to an aromatic ring is 1. The molecule has 1 fully saturated rings. The number of hydrogen-bond acceptors (Lipinski definition) is 7. The number of nitrogens with two attached hydrogens (primary N) is 1. The van der Waals surface area contributed by atoms with Crippen LogP contribution in [0.2, 0.25) is 0 Å². The van der Waals surface area contributed by atoms with E-state index in [2.05, 4.69) is 15.0 Å². The summed E-state index contributed by atoms with van der Waals surface area (Å²) in [5.41, 5.74) is 5.11. The molecule has 2 aromatic rings. The van der Waals surface area contributed by atoms with Crippen LogP contribution in [-0.4, -0.2) is 55.2 Å². The first-order chi connectivity index (χ1) is 10.1. The number of rotatable bonds is 3. The molecule has 0 radical (unpaired) electrons. The Morgan fingerprint density at radius 1 is 1.57 bits per heavy atom. The number of nitrogens with one attached hydrogen (secondary N) is 1. The van der Waals surface area contributed by atoms with Gasteiger partial charge in [0, 0.05) is 5.92 Å². The monoisotopic (exact) mass is 299 g/mol. The molecule has 21 heavy (non-hydrogen) atoms. The highest BCUT2D eigenvalue weighted by Gasteiger charge is 2.44. The van der Waals surface area contributed by atoms with Crippen LogP contribution in [0.5, 0.6) is 0 Å². The lowest BCUT2D eigenvalue weighted by molar-refractivity contribution is -0.0494. The topological polar surface area (TPSA) is 139 Å². The summed E-state index contributed by atoms with van der Waals surface area (Å²) in [5.74, 6) is -0.973. The number of aromatic nitrogens is 4. The summed E-state index contributed by atoms with van der Waals surface area (Å²) in [6.45, 7) is -1.27. The third-order valence-electron chi connectivity index (χ3n) is 3.61. The van der Waals surface area contributed by atoms with E-state index in [-0.39, 0.29) is 17.1 Å². The second-order valence-corrected chi connectivity index (χ2v) is 4.83. The van der Waals surface area contributed by atoms with Crippen molar-refractivity contribution in [1.82, 2.24) is 19.5 Å². The van der Waals surface area contributed by atoms with E-state index in [9.17, 15) is 19.4 Å². The van der Waals surface area contributed by atoms with E-state index in [1.165, 1.54) is 10.9 Å². The minimum absolute atomic E-state index is 0.0317. The van der Waals surface area contributed by atoms with Crippen LogP contribution in [0.15, 0.2) is 11.1 Å². The molecule has 3 rings (SSSR count). The van der Waals surface area contributed by atoms with Gasteiger partial charge in [-0.2, -0.15) is 4.98 Å². The number of aliphatic hydroxyl groups excluding tert-OH is 2. The van der Waals surface area contributed by atoms with Crippen LogP contribution in [0.4, 0.5) is 10.3 Å². The van der Waals surface area contributed by atoms with E-state index in [1.54, 1.807) is 0 Å². The van der Waals surface area contributed by atoms with Crippen LogP contribution in [0.25, 0.3) is 11.2 Å². The molecule has 0 spiro atoms. The number of nitrogens with zero attached hydrogens (tertiary/aromatic N) is 3. The third kappa shape index (κ3) is 2.07. The summed E-state index contributed by atoms with van der Waals surface area (Å²) in [7, 11) is 0. The van der Waals surface area contributed by atoms with Gasteiger partial charge in [-0.25, -0.2) is 4.98 Å². The van der Waals surface area contributed by atoms with Gasteiger partial charge in [0.1, 0.15) is 6.10 Å². The molecule has 0 aromatic carbocycles. The second kappa shape index (κ2) is 5.06. The summed E-state index contributed by atoms with van der Waals surface area (Å²) in [5, 5.41) is 19.3. The maximum absolute atomic E-state index is 13.0. The normalized spacial score (nSPS) is 29.3. The first-order valence-corrected chi connectivity index (χ1v) is 6.29. The Balaban J connectivity index is 2.07. The molecule has 114 valence electrons. The van der Waals surface area contributed by atoms with Gasteiger partial charge in [-0.1, -0.05) is 0 Å². The Labute approximate surface area is 117 Å². The van der Waals surface area contributed by atoms with Crippen LogP contribution in [0.1, 0.15) is 6.23 Å². The van der Waals surface area contributed by atoms with Crippen molar-refractivity contribution in [3.63, 3.8) is 0 Å². The number of hydrogen-bond donors (Lipinski definition) is 4. The van der Waals surface area contributed by atoms with Gasteiger partial charge in [-0.05, 0) is 0 Å². The quantitative estimate of drug-likeness (QED) is 0.543. The highest BCUT2D eigenvalue weighted by atomic mass is 19.1. The molecule has 10 heteroatoms. The Morgan fingerprint density at radius 3 is 2.95 bits per heavy atom. The van der Waals surface area contributed by atoms with Crippen molar-refractivity contribution < 1.29 is 19.3 Å². The molecule has 5 N–H and O–H groups in total. The summed E-state index contributed by atoms with van der Waals surface area (Å²) < 4.78 is 19.7. The molecule has 2 aromatic heterocycles. The Hall–Kier alpha value is -2.04. The highest BCUT2D eigenvalue weighted by molar-refractivity contribution is 5.70. The molecular formula is C11H14FN5O4. The minimum atomic E-state index is -1.20. The first-order valence-electron chi connectivity index (χ1n) is 6.29. The standard InChI is InChI=1S/C11H14FN5O4/c12-1-4-5(2-18)21-10(7(4)19)17-3-14-6-8(17)15-11(13)16-9(6)20/h3-5,7,10,18-19H,1-2H2,(H3,13,15,16,20). The number of aromatic amines is 1. The highest BCUT2D eigenvalue weighted by Crippen LogP contribution is 2.35. The average molecular weight is 299 g/mol. The molecule has 1 aliphatic heterocycles. The zero-order chi connectivity index (χ0) is 15.1. The van der Waals surface area contributed by atoms with Crippen molar-refractivity contribution in [2.24, 2.45) is 5.92 Å². The number of alkyl halides is 1. The molecule has 9 nitrogen and oxygen atoms in total. The predicted molar refractivity (Wildman–Crippen MR) is 69.0 cm³/mol. The number of imidazole rings is 1. The molecule has 4 atom stereocenters. The maximum atomic E-state index is 13.0. The van der Waals surface area contributed by atoms with Crippen LogP contribution in [-0.2, 0) is 4.74 Å². The van der Waals surface area contributed by atoms with Crippen molar-refractivity contribution in [1.29, 1.82) is 0 Å². The number of fused-ring (bicyclic) bond motifs is 1. The van der Waals surface area contributed by atoms with E-state index in [0.29, 0.717) is 0 Å². The molecule has 0 bridgehead atoms. The average Bonchev–Trinajstić information content (AvgIpc) is 2.99. The number of halogens is 1. The largest absolute Gasteiger partial charge is 0.394 e. The molecule has 0 saturated carbocycles. The predicted octanol–water partition coefficient (Wildman–Crippen LogP) is -1.46. The van der Waals surface area contributed by atoms with E-state index < -0.39 is 43.2 Å². The number of aliphatic hydroxyl groups is 2. The summed E-state index contributed by atoms with van der Waals surface area (Å²) in [6, 6.07) is 0. The smallest absolute Gasteiger partial charge is 0.280 e. The van der Waals surface area contributed by atoms with E-state index in [0.717, 1.165) is 0 Å². The maximum Gasteiger partial charge on any atom is 0.280 e. The number of anilines is 1. The van der Waals surface area contributed by atoms with E-state index in [4.69, 9.17) is 10.5 Å². The van der Waals surface area contributed by atoms with Gasteiger partial charge in [-0.3, -0.25) is 18.7 Å². The molecule has 1 saturated heterocycles. The van der Waals surface area contributed by atoms with Gasteiger partial charge < -0.3 is 20.7 Å². The van der Waals surface area contributed by atoms with Crippen molar-refractivity contribution in [3.05, 3.63) is 16.7 Å². The second-order valence-electron chi connectivity index (χ2n) is 4.83. The zero-order valence-electron chi connectivity index (χ0n) is 10.8. The Kier molecular flexibility index (Phi) is 3.35. The Bertz CT molecular complexity index is 716. The van der Waals surface area contributed by atoms with Gasteiger partial charge >= 0.3 is 0 Å². The summed E-state index contributed by atoms with van der Waals surface area (Å²) in [4.78, 5) is 21.8. The van der Waals surface area contributed by atoms with Gasteiger partial charge in [0.2, 0.25) is 5.95 Å². The van der Waals surface area contributed by atoms with Crippen molar-refractivity contribution in [2.75, 3.05) is 19.0 Å². The first kappa shape index (κ1) is 13.9. The zero-order valence-corrected chi connectivity index (χ0v) is 10.8. The lowest BCUT2D eigenvalue weighted by Gasteiger charge is -2.17. The molecule has 0 aliphatic carbocycles. The fourth-order valence-electron chi connectivity index (χ4n) is 2.52. The lowest BCUT2D eigenvalue weighted by Crippen LogP contribution is -2.29. The number of H-pyrrole nitrogens is 1. The molecule has 3 heterocycles. The van der Waals surface area contributed by atoms with Crippen LogP contribution in [0.3, 0.4) is 0 Å². The van der Waals surface area contributed by atoms with Gasteiger partial charge in [0.05, 0.1) is 25.7 Å². The third-order valence-corrected chi connectivity index (χ3v) is 3.61. The van der Waals surface area contributed by atoms with Gasteiger partial charge in [0.15, 0.2) is 17.4 Å². The fraction of sp³-hybridized carbons (Fsp3) is 0.545.